The zero-order valence-corrected chi connectivity index (χ0v) is 48.4. The summed E-state index contributed by atoms with van der Waals surface area (Å²) in [6.45, 7) is 24.3. The highest BCUT2D eigenvalue weighted by Crippen LogP contribution is 2.63. The minimum atomic E-state index is -0.115. The first-order valence-corrected chi connectivity index (χ1v) is 29.6. The Bertz CT molecular complexity index is 4180. The maximum atomic E-state index is 6.97. The molecule has 3 aliphatic heterocycles. The van der Waals surface area contributed by atoms with Gasteiger partial charge in [-0.15, -0.1) is 0 Å². The molecule has 0 spiro atoms. The van der Waals surface area contributed by atoms with Crippen LogP contribution in [0.3, 0.4) is 0 Å². The average molecular weight is 1040 g/mol. The van der Waals surface area contributed by atoms with Gasteiger partial charge in [-0.1, -0.05) is 183 Å². The molecule has 2 atom stereocenters. The molecule has 0 bridgehead atoms. The highest BCUT2D eigenvalue weighted by atomic mass is 16.3. The summed E-state index contributed by atoms with van der Waals surface area (Å²) in [5, 5.41) is 2.23. The lowest BCUT2D eigenvalue weighted by Gasteiger charge is -2.53. The fourth-order valence-corrected chi connectivity index (χ4v) is 15.7. The molecule has 4 heterocycles. The van der Waals surface area contributed by atoms with E-state index in [1.54, 1.807) is 0 Å². The minimum Gasteiger partial charge on any atom is -0.454 e. The van der Waals surface area contributed by atoms with Crippen molar-refractivity contribution in [3.8, 4) is 22.3 Å². The summed E-state index contributed by atoms with van der Waals surface area (Å²) in [4.78, 5) is 8.08. The second-order valence-electron chi connectivity index (χ2n) is 27.1. The van der Waals surface area contributed by atoms with Crippen molar-refractivity contribution in [1.82, 2.24) is 0 Å². The first-order chi connectivity index (χ1) is 38.4. The lowest BCUT2D eigenvalue weighted by atomic mass is 9.33. The van der Waals surface area contributed by atoms with Crippen molar-refractivity contribution in [2.75, 3.05) is 14.7 Å². The number of aryl methyl sites for hydroxylation is 1. The number of nitrogens with zero attached hydrogens (tertiary/aromatic N) is 3. The van der Waals surface area contributed by atoms with E-state index in [0.717, 1.165) is 58.3 Å². The normalized spacial score (nSPS) is 20.1. The molecule has 1 fully saturated rings. The number of anilines is 8. The number of benzene rings is 9. The van der Waals surface area contributed by atoms with Crippen molar-refractivity contribution in [2.45, 2.75) is 135 Å². The largest absolute Gasteiger partial charge is 0.454 e. The van der Waals surface area contributed by atoms with Crippen molar-refractivity contribution >= 4 is 90.5 Å². The number of fused-ring (bicyclic) bond motifs is 11. The molecule has 1 aromatic heterocycles. The number of hydrogen-bond donors (Lipinski definition) is 0. The number of para-hydroxylation sites is 2. The third-order valence-electron chi connectivity index (χ3n) is 20.4. The molecule has 5 heteroatoms. The first-order valence-electron chi connectivity index (χ1n) is 29.6. The molecule has 80 heavy (non-hydrogen) atoms. The molecule has 0 radical (unpaired) electrons. The predicted molar refractivity (Wildman–Crippen MR) is 340 cm³/mol. The third kappa shape index (κ3) is 7.01. The van der Waals surface area contributed by atoms with Crippen LogP contribution in [0.15, 0.2) is 186 Å². The summed E-state index contributed by atoms with van der Waals surface area (Å²) in [7, 11) is 0. The van der Waals surface area contributed by atoms with Crippen molar-refractivity contribution in [2.24, 2.45) is 0 Å². The van der Waals surface area contributed by atoms with Gasteiger partial charge in [0.05, 0.1) is 16.9 Å². The van der Waals surface area contributed by atoms with Crippen molar-refractivity contribution in [3.63, 3.8) is 0 Å². The molecule has 0 amide bonds. The Morgan fingerprint density at radius 3 is 1.90 bits per heavy atom. The van der Waals surface area contributed by atoms with Crippen LogP contribution in [0, 0.1) is 6.92 Å². The summed E-state index contributed by atoms with van der Waals surface area (Å²) in [6, 6.07) is 69.9. The van der Waals surface area contributed by atoms with E-state index in [1.165, 1.54) is 114 Å². The number of rotatable bonds is 6. The van der Waals surface area contributed by atoms with E-state index in [1.807, 2.05) is 0 Å². The van der Waals surface area contributed by atoms with Crippen molar-refractivity contribution < 1.29 is 4.42 Å². The molecule has 15 rings (SSSR count). The Morgan fingerprint density at radius 1 is 0.512 bits per heavy atom. The van der Waals surface area contributed by atoms with Crippen molar-refractivity contribution in [1.29, 1.82) is 0 Å². The lowest BCUT2D eigenvalue weighted by Crippen LogP contribution is -2.64. The average Bonchev–Trinajstić information content (AvgIpc) is 1.85. The van der Waals surface area contributed by atoms with Crippen LogP contribution in [0.4, 0.5) is 45.5 Å². The van der Waals surface area contributed by atoms with E-state index >= 15 is 0 Å². The van der Waals surface area contributed by atoms with E-state index in [0.29, 0.717) is 0 Å². The van der Waals surface area contributed by atoms with E-state index in [-0.39, 0.29) is 33.9 Å². The molecule has 396 valence electrons. The SMILES string of the molecule is Cc1cc2c3c(c1)N1c4c(cc(-c5ccccc5)cc4C4(C)CCCCC14C)B3c1ccc(N(c3ccc(C(C)(C)C)cc3)c3cccc4c3oc3ccccc34)cc1N2c1cc2c(cc1-c1ccccc1)C(C)(C)CCC2(C)C. The summed E-state index contributed by atoms with van der Waals surface area (Å²) in [5.41, 5.74) is 27.5. The van der Waals surface area contributed by atoms with Gasteiger partial charge in [0.15, 0.2) is 5.58 Å². The second-order valence-corrected chi connectivity index (χ2v) is 27.1. The van der Waals surface area contributed by atoms with Gasteiger partial charge in [-0.05, 0) is 183 Å². The molecule has 1 saturated carbocycles. The topological polar surface area (TPSA) is 22.9 Å². The van der Waals surface area contributed by atoms with E-state index < -0.39 is 0 Å². The Hall–Kier alpha value is -7.76. The number of furan rings is 1. The van der Waals surface area contributed by atoms with Crippen LogP contribution in [-0.2, 0) is 21.7 Å². The number of hydrogen-bond acceptors (Lipinski definition) is 4. The first kappa shape index (κ1) is 49.3. The highest BCUT2D eigenvalue weighted by Gasteiger charge is 2.61. The van der Waals surface area contributed by atoms with Gasteiger partial charge in [-0.25, -0.2) is 0 Å². The van der Waals surface area contributed by atoms with Crippen LogP contribution in [0.1, 0.15) is 129 Å². The second kappa shape index (κ2) is 17.1. The Kier molecular flexibility index (Phi) is 10.6. The smallest absolute Gasteiger partial charge is 0.252 e. The summed E-state index contributed by atoms with van der Waals surface area (Å²) >= 11 is 0. The van der Waals surface area contributed by atoms with Crippen LogP contribution < -0.4 is 31.1 Å². The van der Waals surface area contributed by atoms with E-state index in [2.05, 4.69) is 266 Å². The predicted octanol–water partition coefficient (Wildman–Crippen LogP) is 18.7. The van der Waals surface area contributed by atoms with Crippen LogP contribution in [0.2, 0.25) is 0 Å². The standard InChI is InChI=1S/C75H72BN3O/c1-47-40-65-68-66(41-47)79-69-59(74(9)36-19-20-37-75(74,79)10)42-50(48-22-13-11-14-23-48)43-61(69)76(68)60-35-34-53(44-64(60)78(65)63-46-58-57(72(5,6)38-39-73(58,7)8)45-56(63)49-24-15-12-16-25-49)77(52-32-30-51(31-33-52)71(2,3)4)62-28-21-27-55-54-26-17-18-29-67(54)80-70(55)62/h11-18,21-35,40-46H,19-20,36-39H2,1-10H3. The molecule has 4 nitrogen and oxygen atoms in total. The molecule has 10 aromatic rings. The lowest BCUT2D eigenvalue weighted by molar-refractivity contribution is 0.195. The Labute approximate surface area is 474 Å². The molecule has 2 aliphatic carbocycles. The zero-order valence-electron chi connectivity index (χ0n) is 48.4. The fourth-order valence-electron chi connectivity index (χ4n) is 15.7. The maximum Gasteiger partial charge on any atom is 0.252 e. The third-order valence-corrected chi connectivity index (χ3v) is 20.4. The van der Waals surface area contributed by atoms with Gasteiger partial charge < -0.3 is 19.1 Å². The summed E-state index contributed by atoms with van der Waals surface area (Å²) < 4.78 is 6.97. The minimum absolute atomic E-state index is 0.00584. The summed E-state index contributed by atoms with van der Waals surface area (Å²) in [6.07, 6.45) is 7.06. The van der Waals surface area contributed by atoms with Gasteiger partial charge in [0.25, 0.3) is 6.71 Å². The molecular formula is C75H72BN3O. The molecule has 0 saturated heterocycles. The quantitative estimate of drug-likeness (QED) is 0.155. The van der Waals surface area contributed by atoms with Crippen LogP contribution in [-0.4, -0.2) is 12.3 Å². The molecule has 2 unspecified atom stereocenters. The van der Waals surface area contributed by atoms with Gasteiger partial charge in [0.1, 0.15) is 5.58 Å². The Balaban J connectivity index is 1.07. The zero-order chi connectivity index (χ0) is 54.8. The summed E-state index contributed by atoms with van der Waals surface area (Å²) in [5.74, 6) is 0. The molecular weight excluding hydrogens is 970 g/mol. The van der Waals surface area contributed by atoms with Crippen LogP contribution >= 0.6 is 0 Å². The van der Waals surface area contributed by atoms with Crippen LogP contribution in [0.5, 0.6) is 0 Å². The Morgan fingerprint density at radius 2 is 1.16 bits per heavy atom. The van der Waals surface area contributed by atoms with E-state index in [4.69, 9.17) is 4.42 Å². The monoisotopic (exact) mass is 1040 g/mol. The van der Waals surface area contributed by atoms with Crippen molar-refractivity contribution in [3.05, 3.63) is 210 Å². The van der Waals surface area contributed by atoms with Gasteiger partial charge in [-0.2, -0.15) is 0 Å². The highest BCUT2D eigenvalue weighted by molar-refractivity contribution is 7.00. The van der Waals surface area contributed by atoms with E-state index in [9.17, 15) is 0 Å². The fraction of sp³-hybridized carbons (Fsp3) is 0.280. The van der Waals surface area contributed by atoms with Crippen LogP contribution in [0.25, 0.3) is 44.2 Å². The molecule has 0 N–H and O–H groups in total. The molecule has 9 aromatic carbocycles. The van der Waals surface area contributed by atoms with Gasteiger partial charge >= 0.3 is 0 Å². The van der Waals surface area contributed by atoms with Gasteiger partial charge in [0.2, 0.25) is 0 Å². The van der Waals surface area contributed by atoms with Gasteiger partial charge in [-0.3, -0.25) is 0 Å². The van der Waals surface area contributed by atoms with Gasteiger partial charge in [0, 0.05) is 55.9 Å². The molecule has 5 aliphatic rings. The maximum absolute atomic E-state index is 6.97.